The molecule has 2 N–H and O–H groups in total. The Morgan fingerprint density at radius 2 is 1.83 bits per heavy atom. The lowest BCUT2D eigenvalue weighted by Crippen LogP contribution is -2.55. The summed E-state index contributed by atoms with van der Waals surface area (Å²) in [6.45, 7) is 6.54. The van der Waals surface area contributed by atoms with Crippen molar-refractivity contribution in [1.29, 1.82) is 0 Å². The number of amides is 1. The van der Waals surface area contributed by atoms with Crippen LogP contribution in [0.25, 0.3) is 0 Å². The van der Waals surface area contributed by atoms with Crippen LogP contribution in [0.15, 0.2) is 24.3 Å². The van der Waals surface area contributed by atoms with Crippen molar-refractivity contribution in [1.82, 2.24) is 10.2 Å². The van der Waals surface area contributed by atoms with Gasteiger partial charge in [0.1, 0.15) is 0 Å². The van der Waals surface area contributed by atoms with E-state index in [1.54, 1.807) is 0 Å². The van der Waals surface area contributed by atoms with E-state index in [-0.39, 0.29) is 24.8 Å². The van der Waals surface area contributed by atoms with Gasteiger partial charge < -0.3 is 10.6 Å². The minimum absolute atomic E-state index is 0. The van der Waals surface area contributed by atoms with Crippen LogP contribution in [0, 0.1) is 5.92 Å². The van der Waals surface area contributed by atoms with Gasteiger partial charge >= 0.3 is 0 Å². The quantitative estimate of drug-likeness (QED) is 0.698. The summed E-state index contributed by atoms with van der Waals surface area (Å²) >= 11 is 0. The number of carbonyl (C=O) groups excluding carboxylic acids is 1. The monoisotopic (exact) mass is 465 g/mol. The van der Waals surface area contributed by atoms with Crippen molar-refractivity contribution >= 4 is 46.2 Å². The van der Waals surface area contributed by atoms with Crippen molar-refractivity contribution in [3.63, 3.8) is 0 Å². The molecule has 2 aliphatic rings. The van der Waals surface area contributed by atoms with Crippen LogP contribution in [0.5, 0.6) is 0 Å². The predicted octanol–water partition coefficient (Wildman–Crippen LogP) is 2.87. The van der Waals surface area contributed by atoms with Crippen LogP contribution in [0.1, 0.15) is 38.2 Å². The number of likely N-dealkylation sites (tertiary alicyclic amines) is 1. The van der Waals surface area contributed by atoms with Crippen LogP contribution in [0.3, 0.4) is 0 Å². The molecule has 166 valence electrons. The van der Waals surface area contributed by atoms with Gasteiger partial charge in [0, 0.05) is 25.0 Å². The summed E-state index contributed by atoms with van der Waals surface area (Å²) < 4.78 is 23.4. The highest BCUT2D eigenvalue weighted by atomic mass is 35.5. The van der Waals surface area contributed by atoms with E-state index in [1.807, 2.05) is 24.3 Å². The van der Waals surface area contributed by atoms with Gasteiger partial charge in [-0.2, -0.15) is 0 Å². The van der Waals surface area contributed by atoms with Crippen molar-refractivity contribution in [3.8, 4) is 0 Å². The molecule has 6 nitrogen and oxygen atoms in total. The molecule has 1 amide bonds. The molecule has 1 aromatic rings. The first-order valence-corrected chi connectivity index (χ1v) is 11.7. The number of piperidine rings is 2. The molecule has 29 heavy (non-hydrogen) atoms. The summed E-state index contributed by atoms with van der Waals surface area (Å²) in [6, 6.07) is 7.78. The van der Waals surface area contributed by atoms with Crippen LogP contribution in [-0.4, -0.2) is 56.4 Å². The summed E-state index contributed by atoms with van der Waals surface area (Å²) in [6.07, 6.45) is 4.34. The fourth-order valence-electron chi connectivity index (χ4n) is 4.22. The van der Waals surface area contributed by atoms with Gasteiger partial charge in [-0.1, -0.05) is 19.1 Å². The molecule has 2 aliphatic heterocycles. The molecular formula is C20H33Cl2N3O3S. The first kappa shape index (κ1) is 26.2. The molecular weight excluding hydrogens is 433 g/mol. The van der Waals surface area contributed by atoms with Gasteiger partial charge in [-0.15, -0.1) is 24.8 Å². The topological polar surface area (TPSA) is 78.5 Å². The van der Waals surface area contributed by atoms with Crippen molar-refractivity contribution in [2.45, 2.75) is 43.9 Å². The highest BCUT2D eigenvalue weighted by molar-refractivity contribution is 7.92. The zero-order valence-electron chi connectivity index (χ0n) is 17.1. The number of carbonyl (C=O) groups is 1. The molecule has 1 unspecified atom stereocenters. The molecule has 2 saturated heterocycles. The molecule has 0 bridgehead atoms. The standard InChI is InChI=1S/C20H31N3O3S.2ClH/c1-16-4-3-13-23(14-16)15-17-5-7-18(8-6-17)22-19(24)20(27(2,25)26)9-11-21-12-10-20;;/h5-8,16,21H,3-4,9-15H2,1-2H3,(H,22,24);2*1H. The van der Waals surface area contributed by atoms with Crippen LogP contribution < -0.4 is 10.6 Å². The van der Waals surface area contributed by atoms with Gasteiger partial charge in [0.05, 0.1) is 0 Å². The summed E-state index contributed by atoms with van der Waals surface area (Å²) in [5.41, 5.74) is 1.86. The number of nitrogens with zero attached hydrogens (tertiary/aromatic N) is 1. The second-order valence-electron chi connectivity index (χ2n) is 8.15. The van der Waals surface area contributed by atoms with Gasteiger partial charge in [0.25, 0.3) is 0 Å². The average molecular weight is 466 g/mol. The van der Waals surface area contributed by atoms with E-state index in [9.17, 15) is 13.2 Å². The molecule has 9 heteroatoms. The normalized spacial score (nSPS) is 22.1. The van der Waals surface area contributed by atoms with Crippen LogP contribution in [0.2, 0.25) is 0 Å². The number of halogens is 2. The van der Waals surface area contributed by atoms with Crippen molar-refractivity contribution in [2.75, 3.05) is 37.8 Å². The minimum atomic E-state index is -3.50. The van der Waals surface area contributed by atoms with Crippen LogP contribution in [-0.2, 0) is 21.2 Å². The lowest BCUT2D eigenvalue weighted by molar-refractivity contribution is -0.119. The largest absolute Gasteiger partial charge is 0.325 e. The van der Waals surface area contributed by atoms with Crippen LogP contribution in [0.4, 0.5) is 5.69 Å². The number of hydrogen-bond acceptors (Lipinski definition) is 5. The van der Waals surface area contributed by atoms with Crippen molar-refractivity contribution in [2.24, 2.45) is 5.92 Å². The number of anilines is 1. The number of rotatable bonds is 5. The van der Waals surface area contributed by atoms with E-state index in [0.29, 0.717) is 31.6 Å². The summed E-state index contributed by atoms with van der Waals surface area (Å²) in [5, 5.41) is 5.97. The van der Waals surface area contributed by atoms with E-state index in [4.69, 9.17) is 0 Å². The lowest BCUT2D eigenvalue weighted by atomic mass is 9.95. The molecule has 1 atom stereocenters. The maximum atomic E-state index is 12.8. The lowest BCUT2D eigenvalue weighted by Gasteiger charge is -2.34. The molecule has 0 spiro atoms. The predicted molar refractivity (Wildman–Crippen MR) is 123 cm³/mol. The fourth-order valence-corrected chi connectivity index (χ4v) is 5.56. The summed E-state index contributed by atoms with van der Waals surface area (Å²) in [5.74, 6) is 0.332. The molecule has 2 heterocycles. The van der Waals surface area contributed by atoms with Gasteiger partial charge in [-0.3, -0.25) is 9.69 Å². The smallest absolute Gasteiger partial charge is 0.245 e. The third kappa shape index (κ3) is 6.31. The van der Waals surface area contributed by atoms with Gasteiger partial charge in [0.2, 0.25) is 5.91 Å². The summed E-state index contributed by atoms with van der Waals surface area (Å²) in [7, 11) is -3.50. The molecule has 0 aromatic heterocycles. The van der Waals surface area contributed by atoms with Crippen molar-refractivity contribution in [3.05, 3.63) is 29.8 Å². The number of benzene rings is 1. The molecule has 0 saturated carbocycles. The third-order valence-electron chi connectivity index (χ3n) is 5.89. The summed E-state index contributed by atoms with van der Waals surface area (Å²) in [4.78, 5) is 15.3. The zero-order chi connectivity index (χ0) is 19.5. The maximum absolute atomic E-state index is 12.8. The highest BCUT2D eigenvalue weighted by Crippen LogP contribution is 2.29. The molecule has 2 fully saturated rings. The van der Waals surface area contributed by atoms with Gasteiger partial charge in [0.15, 0.2) is 14.6 Å². The second kappa shape index (κ2) is 11.0. The highest BCUT2D eigenvalue weighted by Gasteiger charge is 2.48. The molecule has 3 rings (SSSR count). The maximum Gasteiger partial charge on any atom is 0.245 e. The first-order valence-electron chi connectivity index (χ1n) is 9.83. The molecule has 0 radical (unpaired) electrons. The second-order valence-corrected chi connectivity index (χ2v) is 10.5. The van der Waals surface area contributed by atoms with E-state index in [1.165, 1.54) is 24.7 Å². The Morgan fingerprint density at radius 1 is 1.21 bits per heavy atom. The minimum Gasteiger partial charge on any atom is -0.325 e. The molecule has 1 aromatic carbocycles. The Kier molecular flexibility index (Phi) is 9.89. The van der Waals surface area contributed by atoms with Gasteiger partial charge in [-0.25, -0.2) is 8.42 Å². The third-order valence-corrected chi connectivity index (χ3v) is 7.91. The van der Waals surface area contributed by atoms with E-state index in [2.05, 4.69) is 22.5 Å². The Balaban J connectivity index is 0.00000210. The average Bonchev–Trinajstić information content (AvgIpc) is 2.63. The number of hydrogen-bond donors (Lipinski definition) is 2. The Bertz CT molecular complexity index is 766. The van der Waals surface area contributed by atoms with E-state index in [0.717, 1.165) is 25.6 Å². The number of sulfone groups is 1. The zero-order valence-corrected chi connectivity index (χ0v) is 19.6. The Morgan fingerprint density at radius 3 is 2.38 bits per heavy atom. The van der Waals surface area contributed by atoms with Crippen molar-refractivity contribution < 1.29 is 13.2 Å². The van der Waals surface area contributed by atoms with E-state index < -0.39 is 20.5 Å². The van der Waals surface area contributed by atoms with Crippen LogP contribution >= 0.6 is 24.8 Å². The van der Waals surface area contributed by atoms with Gasteiger partial charge in [-0.05, 0) is 68.9 Å². The molecule has 0 aliphatic carbocycles. The number of nitrogens with one attached hydrogen (secondary N) is 2. The SMILES string of the molecule is CC1CCCN(Cc2ccc(NC(=O)C3(S(C)(=O)=O)CCNCC3)cc2)C1.Cl.Cl. The Hall–Kier alpha value is -0.860. The van der Waals surface area contributed by atoms with E-state index >= 15 is 0 Å². The first-order chi connectivity index (χ1) is 12.8. The Labute approximate surface area is 186 Å². The fraction of sp³-hybridized carbons (Fsp3) is 0.650.